The fourth-order valence-corrected chi connectivity index (χ4v) is 2.43. The number of benzene rings is 1. The Bertz CT molecular complexity index is 631. The molecule has 0 unspecified atom stereocenters. The number of fused-ring (bicyclic) bond motifs is 1. The lowest BCUT2D eigenvalue weighted by Crippen LogP contribution is -2.33. The molecule has 0 aliphatic carbocycles. The molecule has 0 fully saturated rings. The van der Waals surface area contributed by atoms with Gasteiger partial charge in [-0.1, -0.05) is 6.92 Å². The van der Waals surface area contributed by atoms with E-state index in [0.717, 1.165) is 24.1 Å². The summed E-state index contributed by atoms with van der Waals surface area (Å²) >= 11 is 0. The predicted molar refractivity (Wildman–Crippen MR) is 68.9 cm³/mol. The van der Waals surface area contributed by atoms with Crippen molar-refractivity contribution in [2.45, 2.75) is 19.8 Å². The number of aromatic nitrogens is 2. The molecule has 4 nitrogen and oxygen atoms in total. The summed E-state index contributed by atoms with van der Waals surface area (Å²) in [4.78, 5) is 12.0. The molecule has 19 heavy (non-hydrogen) atoms. The van der Waals surface area contributed by atoms with E-state index in [9.17, 15) is 9.18 Å². The minimum atomic E-state index is -0.301. The van der Waals surface area contributed by atoms with Crippen molar-refractivity contribution in [3.05, 3.63) is 47.0 Å². The van der Waals surface area contributed by atoms with Crippen LogP contribution in [0.2, 0.25) is 0 Å². The van der Waals surface area contributed by atoms with E-state index >= 15 is 0 Å². The third kappa shape index (κ3) is 1.91. The number of amides is 1. The lowest BCUT2D eigenvalue weighted by molar-refractivity contribution is 0.0938. The molecule has 0 spiro atoms. The van der Waals surface area contributed by atoms with Gasteiger partial charge in [0.25, 0.3) is 5.91 Å². The Labute approximate surface area is 110 Å². The highest BCUT2D eigenvalue weighted by Gasteiger charge is 2.26. The van der Waals surface area contributed by atoms with Gasteiger partial charge in [0.1, 0.15) is 11.5 Å². The number of halogens is 1. The highest BCUT2D eigenvalue weighted by atomic mass is 19.1. The Balaban J connectivity index is 2.18. The smallest absolute Gasteiger partial charge is 0.270 e. The number of carbonyl (C=O) groups excluding carboxylic acids is 1. The first-order valence-electron chi connectivity index (χ1n) is 6.35. The number of rotatable bonds is 2. The van der Waals surface area contributed by atoms with Crippen molar-refractivity contribution in [1.29, 1.82) is 0 Å². The fourth-order valence-electron chi connectivity index (χ4n) is 2.43. The molecule has 1 aromatic heterocycles. The molecule has 98 valence electrons. The average molecular weight is 259 g/mol. The van der Waals surface area contributed by atoms with Gasteiger partial charge in [0.05, 0.1) is 11.4 Å². The van der Waals surface area contributed by atoms with Crippen LogP contribution in [0.15, 0.2) is 24.3 Å². The van der Waals surface area contributed by atoms with Crippen LogP contribution in [0.25, 0.3) is 5.69 Å². The first kappa shape index (κ1) is 11.9. The number of aryl methyl sites for hydroxylation is 1. The molecule has 0 atom stereocenters. The first-order valence-corrected chi connectivity index (χ1v) is 6.35. The quantitative estimate of drug-likeness (QED) is 0.894. The SMILES string of the molecule is CCc1nn(-c2ccc(F)cc2)c2c1CCNC2=O. The second-order valence-corrected chi connectivity index (χ2v) is 4.52. The summed E-state index contributed by atoms with van der Waals surface area (Å²) in [6.45, 7) is 2.66. The molecule has 1 N–H and O–H groups in total. The number of hydrogen-bond donors (Lipinski definition) is 1. The van der Waals surface area contributed by atoms with Crippen LogP contribution in [0.5, 0.6) is 0 Å². The molecule has 3 rings (SSSR count). The highest BCUT2D eigenvalue weighted by Crippen LogP contribution is 2.22. The minimum Gasteiger partial charge on any atom is -0.350 e. The molecular weight excluding hydrogens is 245 g/mol. The largest absolute Gasteiger partial charge is 0.350 e. The maximum absolute atomic E-state index is 13.0. The number of nitrogens with zero attached hydrogens (tertiary/aromatic N) is 2. The van der Waals surface area contributed by atoms with E-state index in [1.165, 1.54) is 12.1 Å². The van der Waals surface area contributed by atoms with Gasteiger partial charge in [-0.2, -0.15) is 5.10 Å². The van der Waals surface area contributed by atoms with Crippen molar-refractivity contribution >= 4 is 5.91 Å². The van der Waals surface area contributed by atoms with Gasteiger partial charge < -0.3 is 5.32 Å². The van der Waals surface area contributed by atoms with Crippen molar-refractivity contribution in [3.8, 4) is 5.69 Å². The van der Waals surface area contributed by atoms with Crippen LogP contribution in [0.3, 0.4) is 0 Å². The van der Waals surface area contributed by atoms with Gasteiger partial charge in [-0.25, -0.2) is 9.07 Å². The summed E-state index contributed by atoms with van der Waals surface area (Å²) in [6.07, 6.45) is 1.58. The van der Waals surface area contributed by atoms with Gasteiger partial charge in [0.15, 0.2) is 0 Å². The van der Waals surface area contributed by atoms with Gasteiger partial charge in [-0.05, 0) is 37.1 Å². The van der Waals surface area contributed by atoms with Gasteiger partial charge in [0.2, 0.25) is 0 Å². The maximum atomic E-state index is 13.0. The van der Waals surface area contributed by atoms with Crippen molar-refractivity contribution in [1.82, 2.24) is 15.1 Å². The number of nitrogens with one attached hydrogen (secondary N) is 1. The van der Waals surface area contributed by atoms with Crippen LogP contribution in [0.4, 0.5) is 4.39 Å². The summed E-state index contributed by atoms with van der Waals surface area (Å²) in [5.41, 5.74) is 3.23. The van der Waals surface area contributed by atoms with E-state index in [-0.39, 0.29) is 11.7 Å². The summed E-state index contributed by atoms with van der Waals surface area (Å²) in [6, 6.07) is 6.00. The van der Waals surface area contributed by atoms with Crippen molar-refractivity contribution in [2.75, 3.05) is 6.54 Å². The van der Waals surface area contributed by atoms with Crippen molar-refractivity contribution in [2.24, 2.45) is 0 Å². The third-order valence-electron chi connectivity index (χ3n) is 3.35. The molecule has 1 amide bonds. The standard InChI is InChI=1S/C14H14FN3O/c1-2-12-11-7-8-16-14(19)13(11)18(17-12)10-5-3-9(15)4-6-10/h3-6H,2,7-8H2,1H3,(H,16,19). The molecule has 0 bridgehead atoms. The monoisotopic (exact) mass is 259 g/mol. The zero-order chi connectivity index (χ0) is 13.4. The van der Waals surface area contributed by atoms with Gasteiger partial charge >= 0.3 is 0 Å². The summed E-state index contributed by atoms with van der Waals surface area (Å²) in [5, 5.41) is 7.32. The average Bonchev–Trinajstić information content (AvgIpc) is 2.80. The van der Waals surface area contributed by atoms with E-state index in [2.05, 4.69) is 10.4 Å². The van der Waals surface area contributed by atoms with Crippen LogP contribution >= 0.6 is 0 Å². The molecule has 0 saturated carbocycles. The molecule has 0 saturated heterocycles. The highest BCUT2D eigenvalue weighted by molar-refractivity contribution is 5.96. The van der Waals surface area contributed by atoms with E-state index in [4.69, 9.17) is 0 Å². The molecule has 1 aromatic carbocycles. The second kappa shape index (κ2) is 4.50. The van der Waals surface area contributed by atoms with Crippen LogP contribution in [0.1, 0.15) is 28.7 Å². The van der Waals surface area contributed by atoms with Crippen LogP contribution in [-0.4, -0.2) is 22.2 Å². The maximum Gasteiger partial charge on any atom is 0.270 e. The lowest BCUT2D eigenvalue weighted by Gasteiger charge is -2.14. The predicted octanol–water partition coefficient (Wildman–Crippen LogP) is 1.86. The van der Waals surface area contributed by atoms with Gasteiger partial charge in [-0.15, -0.1) is 0 Å². The number of carbonyl (C=O) groups is 1. The number of hydrogen-bond acceptors (Lipinski definition) is 2. The molecule has 1 aliphatic heterocycles. The normalized spacial score (nSPS) is 14.1. The Morgan fingerprint density at radius 2 is 2.11 bits per heavy atom. The van der Waals surface area contributed by atoms with Crippen LogP contribution < -0.4 is 5.32 Å². The zero-order valence-electron chi connectivity index (χ0n) is 10.6. The molecule has 5 heteroatoms. The van der Waals surface area contributed by atoms with Gasteiger partial charge in [-0.3, -0.25) is 4.79 Å². The van der Waals surface area contributed by atoms with Crippen LogP contribution in [-0.2, 0) is 12.8 Å². The molecule has 2 aromatic rings. The Hall–Kier alpha value is -2.17. The lowest BCUT2D eigenvalue weighted by atomic mass is 10.0. The van der Waals surface area contributed by atoms with E-state index < -0.39 is 0 Å². The molecule has 0 radical (unpaired) electrons. The van der Waals surface area contributed by atoms with Crippen molar-refractivity contribution in [3.63, 3.8) is 0 Å². The zero-order valence-corrected chi connectivity index (χ0v) is 10.6. The minimum absolute atomic E-state index is 0.113. The summed E-state index contributed by atoms with van der Waals surface area (Å²) in [5.74, 6) is -0.414. The summed E-state index contributed by atoms with van der Waals surface area (Å²) < 4.78 is 14.6. The first-order chi connectivity index (χ1) is 9.20. The molecule has 1 aliphatic rings. The van der Waals surface area contributed by atoms with Crippen LogP contribution in [0, 0.1) is 5.82 Å². The second-order valence-electron chi connectivity index (χ2n) is 4.52. The van der Waals surface area contributed by atoms with E-state index in [1.807, 2.05) is 6.92 Å². The Kier molecular flexibility index (Phi) is 2.81. The van der Waals surface area contributed by atoms with E-state index in [0.29, 0.717) is 17.9 Å². The molecular formula is C14H14FN3O. The van der Waals surface area contributed by atoms with Gasteiger partial charge in [0, 0.05) is 12.1 Å². The fraction of sp³-hybridized carbons (Fsp3) is 0.286. The van der Waals surface area contributed by atoms with E-state index in [1.54, 1.807) is 16.8 Å². The third-order valence-corrected chi connectivity index (χ3v) is 3.35. The summed E-state index contributed by atoms with van der Waals surface area (Å²) in [7, 11) is 0. The van der Waals surface area contributed by atoms with Crippen molar-refractivity contribution < 1.29 is 9.18 Å². The molecule has 2 heterocycles. The Morgan fingerprint density at radius 1 is 1.37 bits per heavy atom. The topological polar surface area (TPSA) is 46.9 Å². The Morgan fingerprint density at radius 3 is 2.79 bits per heavy atom.